The summed E-state index contributed by atoms with van der Waals surface area (Å²) in [5.74, 6) is -0.698. The van der Waals surface area contributed by atoms with E-state index < -0.39 is 26.4 Å². The highest BCUT2D eigenvalue weighted by Gasteiger charge is 2.19. The number of carbonyl (C=O) groups is 1. The van der Waals surface area contributed by atoms with Gasteiger partial charge < -0.3 is 0 Å². The molecule has 1 N–H and O–H groups in total. The number of amides is 1. The van der Waals surface area contributed by atoms with Crippen LogP contribution in [0.2, 0.25) is 5.02 Å². The van der Waals surface area contributed by atoms with Crippen LogP contribution < -0.4 is 5.32 Å². The Hall–Kier alpha value is -2.11. The molecule has 0 aliphatic rings. The Morgan fingerprint density at radius 3 is 2.64 bits per heavy atom. The SMILES string of the molecule is CS(=O)(=O)c1nnc(NC(=O)c2ccc(Cl)c([N+](=O)[O-])c2)s1. The molecule has 0 atom stereocenters. The molecule has 2 aromatic rings. The van der Waals surface area contributed by atoms with Crippen molar-refractivity contribution in [2.45, 2.75) is 4.34 Å². The number of carbonyl (C=O) groups excluding carboxylic acids is 1. The number of halogens is 1. The molecule has 0 bridgehead atoms. The first-order chi connectivity index (χ1) is 10.2. The van der Waals surface area contributed by atoms with Gasteiger partial charge >= 0.3 is 0 Å². The van der Waals surface area contributed by atoms with E-state index in [9.17, 15) is 23.3 Å². The second kappa shape index (κ2) is 5.94. The minimum atomic E-state index is -3.52. The van der Waals surface area contributed by atoms with Gasteiger partial charge in [0.15, 0.2) is 0 Å². The van der Waals surface area contributed by atoms with Crippen molar-refractivity contribution in [3.8, 4) is 0 Å². The summed E-state index contributed by atoms with van der Waals surface area (Å²) in [5.41, 5.74) is -0.435. The van der Waals surface area contributed by atoms with Crippen molar-refractivity contribution in [1.29, 1.82) is 0 Å². The molecule has 12 heteroatoms. The number of anilines is 1. The summed E-state index contributed by atoms with van der Waals surface area (Å²) >= 11 is 6.32. The molecule has 1 amide bonds. The largest absolute Gasteiger partial charge is 0.296 e. The van der Waals surface area contributed by atoms with Crippen molar-refractivity contribution in [3.05, 3.63) is 38.9 Å². The number of nitrogens with one attached hydrogen (secondary N) is 1. The third-order valence-electron chi connectivity index (χ3n) is 2.35. The van der Waals surface area contributed by atoms with Crippen LogP contribution in [-0.4, -0.2) is 35.7 Å². The zero-order valence-corrected chi connectivity index (χ0v) is 13.2. The third kappa shape index (κ3) is 3.55. The van der Waals surface area contributed by atoms with Crippen LogP contribution in [-0.2, 0) is 9.84 Å². The van der Waals surface area contributed by atoms with Gasteiger partial charge in [-0.05, 0) is 12.1 Å². The molecule has 2 rings (SSSR count). The average molecular weight is 363 g/mol. The number of hydrogen-bond donors (Lipinski definition) is 1. The lowest BCUT2D eigenvalue weighted by Gasteiger charge is -2.02. The predicted octanol–water partition coefficient (Wildman–Crippen LogP) is 1.76. The van der Waals surface area contributed by atoms with Crippen LogP contribution in [0, 0.1) is 10.1 Å². The van der Waals surface area contributed by atoms with Crippen molar-refractivity contribution in [2.75, 3.05) is 11.6 Å². The number of nitro groups is 1. The summed E-state index contributed by atoms with van der Waals surface area (Å²) < 4.78 is 22.3. The molecule has 1 aromatic heterocycles. The van der Waals surface area contributed by atoms with Gasteiger partial charge in [-0.3, -0.25) is 20.2 Å². The van der Waals surface area contributed by atoms with Gasteiger partial charge in [-0.15, -0.1) is 10.2 Å². The standard InChI is InChI=1S/C10H7ClN4O5S2/c1-22(19,20)10-14-13-9(21-10)12-8(16)5-2-3-6(11)7(4-5)15(17)18/h2-4H,1H3,(H,12,13,16). The van der Waals surface area contributed by atoms with E-state index >= 15 is 0 Å². The Kier molecular flexibility index (Phi) is 4.39. The van der Waals surface area contributed by atoms with Gasteiger partial charge in [-0.1, -0.05) is 22.9 Å². The summed E-state index contributed by atoms with van der Waals surface area (Å²) in [5, 5.41) is 19.9. The number of sulfone groups is 1. The van der Waals surface area contributed by atoms with Crippen LogP contribution in [0.3, 0.4) is 0 Å². The molecule has 0 saturated heterocycles. The maximum absolute atomic E-state index is 12.0. The molecular weight excluding hydrogens is 356 g/mol. The summed E-state index contributed by atoms with van der Waals surface area (Å²) in [6.45, 7) is 0. The van der Waals surface area contributed by atoms with E-state index in [1.807, 2.05) is 0 Å². The zero-order chi connectivity index (χ0) is 16.5. The number of aromatic nitrogens is 2. The first kappa shape index (κ1) is 16.3. The van der Waals surface area contributed by atoms with Crippen molar-refractivity contribution >= 4 is 49.5 Å². The van der Waals surface area contributed by atoms with Crippen LogP contribution in [0.25, 0.3) is 0 Å². The van der Waals surface area contributed by atoms with Crippen LogP contribution in [0.15, 0.2) is 22.5 Å². The molecule has 22 heavy (non-hydrogen) atoms. The Morgan fingerprint density at radius 1 is 1.41 bits per heavy atom. The van der Waals surface area contributed by atoms with Gasteiger partial charge in [0.1, 0.15) is 5.02 Å². The fraction of sp³-hybridized carbons (Fsp3) is 0.100. The summed E-state index contributed by atoms with van der Waals surface area (Å²) in [4.78, 5) is 22.0. The second-order valence-corrected chi connectivity index (χ2v) is 7.60. The molecule has 0 saturated carbocycles. The number of nitrogens with zero attached hydrogens (tertiary/aromatic N) is 3. The lowest BCUT2D eigenvalue weighted by molar-refractivity contribution is -0.384. The Bertz CT molecular complexity index is 864. The topological polar surface area (TPSA) is 132 Å². The number of hydrogen-bond acceptors (Lipinski definition) is 8. The zero-order valence-electron chi connectivity index (χ0n) is 10.8. The highest BCUT2D eigenvalue weighted by atomic mass is 35.5. The van der Waals surface area contributed by atoms with E-state index in [4.69, 9.17) is 11.6 Å². The fourth-order valence-corrected chi connectivity index (χ4v) is 3.06. The lowest BCUT2D eigenvalue weighted by Crippen LogP contribution is -2.12. The Balaban J connectivity index is 2.24. The second-order valence-electron chi connectivity index (χ2n) is 4.02. The van der Waals surface area contributed by atoms with E-state index in [1.54, 1.807) is 0 Å². The van der Waals surface area contributed by atoms with E-state index in [0.29, 0.717) is 11.3 Å². The van der Waals surface area contributed by atoms with Crippen molar-refractivity contribution in [3.63, 3.8) is 0 Å². The van der Waals surface area contributed by atoms with Gasteiger partial charge in [0.05, 0.1) is 4.92 Å². The Labute approximate surface area is 133 Å². The summed E-state index contributed by atoms with van der Waals surface area (Å²) in [6.07, 6.45) is 0.960. The van der Waals surface area contributed by atoms with Crippen molar-refractivity contribution in [1.82, 2.24) is 10.2 Å². The normalized spacial score (nSPS) is 11.2. The summed E-state index contributed by atoms with van der Waals surface area (Å²) in [7, 11) is -3.52. The molecule has 1 heterocycles. The first-order valence-corrected chi connectivity index (χ1v) is 8.56. The molecular formula is C10H7ClN4O5S2. The summed E-state index contributed by atoms with van der Waals surface area (Å²) in [6, 6.07) is 3.52. The van der Waals surface area contributed by atoms with Crippen LogP contribution in [0.1, 0.15) is 10.4 Å². The molecule has 0 aliphatic heterocycles. The van der Waals surface area contributed by atoms with Gasteiger partial charge in [0, 0.05) is 17.9 Å². The molecule has 0 unspecified atom stereocenters. The minimum absolute atomic E-state index is 0.0211. The maximum atomic E-state index is 12.0. The highest BCUT2D eigenvalue weighted by molar-refractivity contribution is 7.92. The molecule has 0 radical (unpaired) electrons. The average Bonchev–Trinajstić information content (AvgIpc) is 2.87. The van der Waals surface area contributed by atoms with Crippen LogP contribution in [0.4, 0.5) is 10.8 Å². The van der Waals surface area contributed by atoms with E-state index in [2.05, 4.69) is 15.5 Å². The molecule has 9 nitrogen and oxygen atoms in total. The molecule has 0 fully saturated rings. The number of nitro benzene ring substituents is 1. The van der Waals surface area contributed by atoms with E-state index in [0.717, 1.165) is 12.3 Å². The van der Waals surface area contributed by atoms with Gasteiger partial charge in [0.25, 0.3) is 11.6 Å². The monoisotopic (exact) mass is 362 g/mol. The highest BCUT2D eigenvalue weighted by Crippen LogP contribution is 2.26. The van der Waals surface area contributed by atoms with E-state index in [1.165, 1.54) is 12.1 Å². The Morgan fingerprint density at radius 2 is 2.09 bits per heavy atom. The van der Waals surface area contributed by atoms with E-state index in [-0.39, 0.29) is 20.1 Å². The van der Waals surface area contributed by atoms with Gasteiger partial charge in [-0.25, -0.2) is 8.42 Å². The van der Waals surface area contributed by atoms with Crippen molar-refractivity contribution in [2.24, 2.45) is 0 Å². The minimum Gasteiger partial charge on any atom is -0.296 e. The molecule has 0 aliphatic carbocycles. The van der Waals surface area contributed by atoms with Crippen molar-refractivity contribution < 1.29 is 18.1 Å². The third-order valence-corrected chi connectivity index (χ3v) is 5.18. The van der Waals surface area contributed by atoms with Gasteiger partial charge in [-0.2, -0.15) is 0 Å². The molecule has 1 aromatic carbocycles. The molecule has 0 spiro atoms. The van der Waals surface area contributed by atoms with Crippen LogP contribution in [0.5, 0.6) is 0 Å². The number of benzene rings is 1. The number of rotatable bonds is 4. The maximum Gasteiger partial charge on any atom is 0.288 e. The predicted molar refractivity (Wildman–Crippen MR) is 79.1 cm³/mol. The fourth-order valence-electron chi connectivity index (χ4n) is 1.37. The van der Waals surface area contributed by atoms with Crippen LogP contribution >= 0.6 is 22.9 Å². The smallest absolute Gasteiger partial charge is 0.288 e. The molecule has 116 valence electrons. The first-order valence-electron chi connectivity index (χ1n) is 5.47. The lowest BCUT2D eigenvalue weighted by atomic mass is 10.2. The quantitative estimate of drug-likeness (QED) is 0.497. The van der Waals surface area contributed by atoms with Gasteiger partial charge in [0.2, 0.25) is 19.3 Å².